The van der Waals surface area contributed by atoms with Gasteiger partial charge in [-0.25, -0.2) is 0 Å². The highest BCUT2D eigenvalue weighted by Crippen LogP contribution is 2.68. The monoisotopic (exact) mass is 1060 g/mol. The Labute approximate surface area is 443 Å². The summed E-state index contributed by atoms with van der Waals surface area (Å²) in [6.07, 6.45) is 16.3. The third-order valence-electron chi connectivity index (χ3n) is 19.3. The lowest BCUT2D eigenvalue weighted by Gasteiger charge is -2.62. The summed E-state index contributed by atoms with van der Waals surface area (Å²) in [4.78, 5) is 34.4. The Kier molecular flexibility index (Phi) is 23.6. The number of quaternary nitrogens is 1. The minimum Gasteiger partial charge on any atom is -1.00 e. The molecule has 0 spiro atoms. The van der Waals surface area contributed by atoms with Gasteiger partial charge >= 0.3 is 11.9 Å². The molecule has 2 saturated heterocycles. The minimum absolute atomic E-state index is 0. The van der Waals surface area contributed by atoms with Gasteiger partial charge in [0.2, 0.25) is 5.75 Å². The minimum atomic E-state index is -0.111. The van der Waals surface area contributed by atoms with Crippen LogP contribution in [0.25, 0.3) is 0 Å². The van der Waals surface area contributed by atoms with E-state index in [0.717, 1.165) is 106 Å². The van der Waals surface area contributed by atoms with E-state index in [0.29, 0.717) is 55.1 Å². The molecule has 10 atom stereocenters. The number of halogens is 1. The van der Waals surface area contributed by atoms with Gasteiger partial charge < -0.3 is 59.8 Å². The molecular weight excluding hydrogens is 959 g/mol. The number of fused-ring (bicyclic) bond motifs is 5. The largest absolute Gasteiger partial charge is 1.00 e. The molecule has 0 radical (unpaired) electrons. The molecule has 408 valence electrons. The van der Waals surface area contributed by atoms with Gasteiger partial charge in [0.15, 0.2) is 17.6 Å². The fraction of sp³-hybridized carbons (Fsp3) is 0.862. The van der Waals surface area contributed by atoms with Crippen LogP contribution in [0.3, 0.4) is 0 Å². The third-order valence-corrected chi connectivity index (χ3v) is 19.3. The summed E-state index contributed by atoms with van der Waals surface area (Å²) in [5.41, 5.74) is 0.377. The van der Waals surface area contributed by atoms with Gasteiger partial charge in [0.05, 0.1) is 20.1 Å². The number of esters is 2. The molecule has 13 heteroatoms. The summed E-state index contributed by atoms with van der Waals surface area (Å²) < 4.78 is 32.0. The second kappa shape index (κ2) is 28.1. The van der Waals surface area contributed by atoms with Crippen LogP contribution in [0.15, 0.2) is 18.2 Å². The Morgan fingerprint density at radius 1 is 0.662 bits per heavy atom. The average molecular weight is 1060 g/mol. The number of hydrogen-bond donors (Lipinski definition) is 0. The number of hydrogen-bond acceptors (Lipinski definition) is 11. The number of carbonyl (C=O) groups excluding carboxylic acids is 2. The van der Waals surface area contributed by atoms with E-state index in [4.69, 9.17) is 23.7 Å². The summed E-state index contributed by atoms with van der Waals surface area (Å²) >= 11 is 0. The Bertz CT molecular complexity index is 1710. The lowest BCUT2D eigenvalue weighted by Crippen LogP contribution is -3.00. The lowest BCUT2D eigenvalue weighted by molar-refractivity contribution is -0.940. The first-order chi connectivity index (χ1) is 33.7. The standard InChI is InChI=1S/C34H57N2O4.C24H45N3O3.BrH/c1-23(37)39-31-20-25-12-13-26-27(34(25,4)22-29(31)35-16-8-6-9-17-35)14-15-33(3)28(26)21-30(32(33)40-24(2)38)36(5)18-10-7-11-19-36;1-7-25(8-2)16-19-28-22-14-13-15-23(29-20-17-26(9-3)10-4)24(22)30-21-18-27(11-5)12-6;/h25-32H,6-22H2,1-5H3;13-15H,7-12,16-21H2,1-6H3;1H/q+1;;/p-1/t25-,26+,27-,28-,29-,30-,31-,32-,33-,34-;;/m0../s1. The van der Waals surface area contributed by atoms with E-state index in [-0.39, 0.29) is 46.5 Å². The highest BCUT2D eigenvalue weighted by molar-refractivity contribution is 5.66. The van der Waals surface area contributed by atoms with Crippen molar-refractivity contribution in [2.75, 3.05) is 112 Å². The number of para-hydroxylation sites is 1. The Morgan fingerprint density at radius 3 is 1.70 bits per heavy atom. The molecule has 0 N–H and O–H groups in total. The van der Waals surface area contributed by atoms with Crippen LogP contribution in [0.4, 0.5) is 0 Å². The molecule has 0 amide bonds. The van der Waals surface area contributed by atoms with Crippen LogP contribution in [0.2, 0.25) is 0 Å². The molecule has 4 saturated carbocycles. The topological polar surface area (TPSA) is 93.2 Å². The second-order valence-corrected chi connectivity index (χ2v) is 23.0. The first kappa shape index (κ1) is 59.7. The van der Waals surface area contributed by atoms with Gasteiger partial charge in [-0.1, -0.05) is 67.9 Å². The van der Waals surface area contributed by atoms with Gasteiger partial charge in [-0.05, 0) is 164 Å². The quantitative estimate of drug-likeness (QED) is 0.0906. The molecule has 1 aromatic carbocycles. The molecule has 2 heterocycles. The number of piperidine rings is 2. The first-order valence-electron chi connectivity index (χ1n) is 28.8. The Morgan fingerprint density at radius 2 is 1.18 bits per heavy atom. The van der Waals surface area contributed by atoms with Gasteiger partial charge in [0.25, 0.3) is 0 Å². The van der Waals surface area contributed by atoms with E-state index in [1.807, 2.05) is 18.2 Å². The van der Waals surface area contributed by atoms with Crippen LogP contribution in [0, 0.1) is 34.5 Å². The fourth-order valence-corrected chi connectivity index (χ4v) is 15.1. The SMILES string of the molecule is CC(=O)O[C@H]1C[C@@H]2CC[C@@H]3[C@H](CC[C@@]4(C)[C@H]3C[C@H]([N+]3(C)CCCCC3)[C@@H]4OC(C)=O)[C@@]2(C)C[C@@H]1N1CCCCC1.CCN(CC)CCOc1cccc(OCCN(CC)CC)c1OCCN(CC)CC.[Br-]. The highest BCUT2D eigenvalue weighted by Gasteiger charge is 2.67. The zero-order valence-electron chi connectivity index (χ0n) is 46.8. The molecule has 6 aliphatic rings. The van der Waals surface area contributed by atoms with Gasteiger partial charge in [0, 0.05) is 51.4 Å². The molecule has 1 aromatic rings. The number of rotatable bonds is 22. The van der Waals surface area contributed by atoms with E-state index in [1.54, 1.807) is 13.8 Å². The molecule has 0 unspecified atom stereocenters. The van der Waals surface area contributed by atoms with Crippen molar-refractivity contribution in [3.05, 3.63) is 18.2 Å². The number of likely N-dealkylation sites (tertiary alicyclic amines) is 2. The van der Waals surface area contributed by atoms with Gasteiger partial charge in [-0.2, -0.15) is 0 Å². The van der Waals surface area contributed by atoms with Crippen LogP contribution in [-0.2, 0) is 19.1 Å². The van der Waals surface area contributed by atoms with Crippen LogP contribution in [-0.4, -0.2) is 172 Å². The Balaban J connectivity index is 0.000000273. The molecule has 6 fully saturated rings. The number of carbonyl (C=O) groups is 2. The Hall–Kier alpha value is -2.16. The molecule has 12 nitrogen and oxygen atoms in total. The molecule has 0 aromatic heterocycles. The van der Waals surface area contributed by atoms with Crippen molar-refractivity contribution in [2.45, 2.75) is 177 Å². The van der Waals surface area contributed by atoms with Crippen molar-refractivity contribution in [2.24, 2.45) is 34.5 Å². The average Bonchev–Trinajstić information content (AvgIpc) is 3.66. The highest BCUT2D eigenvalue weighted by atomic mass is 79.9. The first-order valence-corrected chi connectivity index (χ1v) is 28.8. The molecule has 0 bridgehead atoms. The summed E-state index contributed by atoms with van der Waals surface area (Å²) in [5.74, 6) is 4.76. The lowest BCUT2D eigenvalue weighted by atomic mass is 9.44. The van der Waals surface area contributed by atoms with E-state index >= 15 is 0 Å². The van der Waals surface area contributed by atoms with Crippen molar-refractivity contribution >= 4 is 11.9 Å². The van der Waals surface area contributed by atoms with Crippen molar-refractivity contribution < 1.29 is 54.7 Å². The number of ether oxygens (including phenoxy) is 5. The van der Waals surface area contributed by atoms with Crippen LogP contribution in [0.1, 0.15) is 153 Å². The predicted molar refractivity (Wildman–Crippen MR) is 283 cm³/mol. The molecule has 71 heavy (non-hydrogen) atoms. The van der Waals surface area contributed by atoms with Crippen LogP contribution < -0.4 is 31.2 Å². The molecule has 7 rings (SSSR count). The van der Waals surface area contributed by atoms with Crippen LogP contribution in [0.5, 0.6) is 17.2 Å². The zero-order valence-corrected chi connectivity index (χ0v) is 48.4. The maximum atomic E-state index is 12.5. The van der Waals surface area contributed by atoms with Crippen molar-refractivity contribution in [3.8, 4) is 17.2 Å². The predicted octanol–water partition coefficient (Wildman–Crippen LogP) is 6.82. The third kappa shape index (κ3) is 14.6. The maximum Gasteiger partial charge on any atom is 0.303 e. The summed E-state index contributed by atoms with van der Waals surface area (Å²) in [6, 6.07) is 6.74. The van der Waals surface area contributed by atoms with Crippen molar-refractivity contribution in [3.63, 3.8) is 0 Å². The molecule has 2 aliphatic heterocycles. The van der Waals surface area contributed by atoms with Gasteiger partial charge in [-0.3, -0.25) is 14.5 Å². The van der Waals surface area contributed by atoms with Crippen LogP contribution >= 0.6 is 0 Å². The van der Waals surface area contributed by atoms with E-state index < -0.39 is 0 Å². The van der Waals surface area contributed by atoms with E-state index in [9.17, 15) is 9.59 Å². The summed E-state index contributed by atoms with van der Waals surface area (Å²) in [7, 11) is 2.47. The van der Waals surface area contributed by atoms with Gasteiger partial charge in [0.1, 0.15) is 32.0 Å². The number of likely N-dealkylation sites (N-methyl/N-ethyl adjacent to an activating group) is 4. The second-order valence-electron chi connectivity index (χ2n) is 23.0. The van der Waals surface area contributed by atoms with E-state index in [1.165, 1.54) is 90.1 Å². The van der Waals surface area contributed by atoms with E-state index in [2.05, 4.69) is 82.0 Å². The normalized spacial score (nSPS) is 31.3. The number of benzene rings is 1. The summed E-state index contributed by atoms with van der Waals surface area (Å²) in [6.45, 7) is 36.9. The van der Waals surface area contributed by atoms with Crippen molar-refractivity contribution in [1.29, 1.82) is 0 Å². The van der Waals surface area contributed by atoms with Gasteiger partial charge in [-0.15, -0.1) is 0 Å². The maximum absolute atomic E-state index is 12.5. The smallest absolute Gasteiger partial charge is 0.303 e. The van der Waals surface area contributed by atoms with Crippen molar-refractivity contribution in [1.82, 2.24) is 19.6 Å². The fourth-order valence-electron chi connectivity index (χ4n) is 15.1. The molecule has 4 aliphatic carbocycles. The summed E-state index contributed by atoms with van der Waals surface area (Å²) in [5, 5.41) is 0. The number of nitrogens with zero attached hydrogens (tertiary/aromatic N) is 5. The molecular formula is C58H102BrN5O7. The zero-order chi connectivity index (χ0) is 50.5.